The molecule has 0 atom stereocenters. The summed E-state index contributed by atoms with van der Waals surface area (Å²) in [7, 11) is 0. The molecular formula is C19H26FN3O3. The highest BCUT2D eigenvalue weighted by atomic mass is 19.1. The van der Waals surface area contributed by atoms with Gasteiger partial charge in [0.15, 0.2) is 0 Å². The molecule has 0 N–H and O–H groups in total. The maximum atomic E-state index is 13.1. The van der Waals surface area contributed by atoms with E-state index >= 15 is 0 Å². The molecule has 2 amide bonds. The number of amides is 2. The molecule has 142 valence electrons. The molecule has 3 rings (SSSR count). The number of ether oxygens (including phenoxy) is 1. The van der Waals surface area contributed by atoms with Crippen LogP contribution in [-0.4, -0.2) is 74.1 Å². The second-order valence-electron chi connectivity index (χ2n) is 7.29. The van der Waals surface area contributed by atoms with Gasteiger partial charge in [-0.2, -0.15) is 0 Å². The van der Waals surface area contributed by atoms with Crippen LogP contribution in [0.25, 0.3) is 0 Å². The molecule has 0 spiro atoms. The number of halogens is 1. The first-order valence-corrected chi connectivity index (χ1v) is 9.06. The van der Waals surface area contributed by atoms with Crippen molar-refractivity contribution in [2.45, 2.75) is 13.8 Å². The van der Waals surface area contributed by atoms with Crippen molar-refractivity contribution in [1.29, 1.82) is 0 Å². The molecule has 2 aliphatic heterocycles. The SMILES string of the molecule is CC(C)(C(=O)N1CCOCC1)C(=O)N1CCN(c2ccc(F)cc2)CC1. The molecule has 2 heterocycles. The van der Waals surface area contributed by atoms with E-state index in [2.05, 4.69) is 4.90 Å². The Bertz CT molecular complexity index is 648. The Kier molecular flexibility index (Phi) is 5.46. The summed E-state index contributed by atoms with van der Waals surface area (Å²) in [5.41, 5.74) is -0.128. The first-order valence-electron chi connectivity index (χ1n) is 9.06. The third-order valence-corrected chi connectivity index (χ3v) is 5.13. The van der Waals surface area contributed by atoms with E-state index in [1.54, 1.807) is 35.8 Å². The van der Waals surface area contributed by atoms with Crippen molar-refractivity contribution in [3.8, 4) is 0 Å². The Morgan fingerprint density at radius 3 is 1.92 bits per heavy atom. The van der Waals surface area contributed by atoms with Crippen LogP contribution in [0.15, 0.2) is 24.3 Å². The Morgan fingerprint density at radius 2 is 1.38 bits per heavy atom. The van der Waals surface area contributed by atoms with Crippen molar-refractivity contribution in [1.82, 2.24) is 9.80 Å². The van der Waals surface area contributed by atoms with Gasteiger partial charge in [-0.05, 0) is 38.1 Å². The number of hydrogen-bond acceptors (Lipinski definition) is 4. The van der Waals surface area contributed by atoms with Gasteiger partial charge >= 0.3 is 0 Å². The molecule has 2 saturated heterocycles. The summed E-state index contributed by atoms with van der Waals surface area (Å²) in [4.78, 5) is 31.4. The van der Waals surface area contributed by atoms with Crippen LogP contribution >= 0.6 is 0 Å². The number of morpholine rings is 1. The average Bonchev–Trinajstić information content (AvgIpc) is 2.68. The Hall–Kier alpha value is -2.15. The van der Waals surface area contributed by atoms with Crippen molar-refractivity contribution in [2.24, 2.45) is 5.41 Å². The molecular weight excluding hydrogens is 337 g/mol. The molecule has 26 heavy (non-hydrogen) atoms. The Morgan fingerprint density at radius 1 is 0.885 bits per heavy atom. The van der Waals surface area contributed by atoms with Gasteiger partial charge in [0.2, 0.25) is 11.8 Å². The number of anilines is 1. The second kappa shape index (κ2) is 7.61. The first kappa shape index (κ1) is 18.6. The molecule has 7 heteroatoms. The number of hydrogen-bond donors (Lipinski definition) is 0. The fraction of sp³-hybridized carbons (Fsp3) is 0.579. The summed E-state index contributed by atoms with van der Waals surface area (Å²) in [6.07, 6.45) is 0. The van der Waals surface area contributed by atoms with Gasteiger partial charge in [0, 0.05) is 45.0 Å². The van der Waals surface area contributed by atoms with E-state index in [0.717, 1.165) is 5.69 Å². The quantitative estimate of drug-likeness (QED) is 0.761. The van der Waals surface area contributed by atoms with Gasteiger partial charge in [-0.25, -0.2) is 4.39 Å². The van der Waals surface area contributed by atoms with Gasteiger partial charge in [-0.15, -0.1) is 0 Å². The van der Waals surface area contributed by atoms with Crippen molar-refractivity contribution in [3.05, 3.63) is 30.1 Å². The Labute approximate surface area is 153 Å². The maximum Gasteiger partial charge on any atom is 0.237 e. The predicted molar refractivity (Wildman–Crippen MR) is 96.4 cm³/mol. The second-order valence-corrected chi connectivity index (χ2v) is 7.29. The normalized spacial score (nSPS) is 18.8. The zero-order valence-corrected chi connectivity index (χ0v) is 15.4. The highest BCUT2D eigenvalue weighted by Gasteiger charge is 2.42. The van der Waals surface area contributed by atoms with Crippen LogP contribution in [0.4, 0.5) is 10.1 Å². The van der Waals surface area contributed by atoms with Gasteiger partial charge in [-0.3, -0.25) is 9.59 Å². The zero-order chi connectivity index (χ0) is 18.7. The number of rotatable bonds is 3. The van der Waals surface area contributed by atoms with Gasteiger partial charge in [0.25, 0.3) is 0 Å². The molecule has 0 aliphatic carbocycles. The van der Waals surface area contributed by atoms with E-state index in [1.807, 2.05) is 0 Å². The highest BCUT2D eigenvalue weighted by Crippen LogP contribution is 2.25. The van der Waals surface area contributed by atoms with Crippen molar-refractivity contribution < 1.29 is 18.7 Å². The Balaban J connectivity index is 1.60. The lowest BCUT2D eigenvalue weighted by Gasteiger charge is -2.40. The van der Waals surface area contributed by atoms with Crippen LogP contribution in [0, 0.1) is 11.2 Å². The minimum Gasteiger partial charge on any atom is -0.378 e. The fourth-order valence-electron chi connectivity index (χ4n) is 3.47. The van der Waals surface area contributed by atoms with Gasteiger partial charge in [0.05, 0.1) is 13.2 Å². The lowest BCUT2D eigenvalue weighted by Crippen LogP contribution is -2.57. The highest BCUT2D eigenvalue weighted by molar-refractivity contribution is 6.04. The van der Waals surface area contributed by atoms with Crippen LogP contribution in [0.5, 0.6) is 0 Å². The summed E-state index contributed by atoms with van der Waals surface area (Å²) >= 11 is 0. The number of benzene rings is 1. The minimum absolute atomic E-state index is 0.132. The third-order valence-electron chi connectivity index (χ3n) is 5.13. The van der Waals surface area contributed by atoms with Crippen LogP contribution in [0.2, 0.25) is 0 Å². The third kappa shape index (κ3) is 3.82. The van der Waals surface area contributed by atoms with E-state index < -0.39 is 5.41 Å². The summed E-state index contributed by atoms with van der Waals surface area (Å²) < 4.78 is 18.3. The molecule has 1 aromatic rings. The summed E-state index contributed by atoms with van der Waals surface area (Å²) in [5, 5.41) is 0. The monoisotopic (exact) mass is 363 g/mol. The summed E-state index contributed by atoms with van der Waals surface area (Å²) in [6, 6.07) is 6.38. The number of carbonyl (C=O) groups excluding carboxylic acids is 2. The van der Waals surface area contributed by atoms with E-state index in [-0.39, 0.29) is 17.6 Å². The largest absolute Gasteiger partial charge is 0.378 e. The summed E-state index contributed by atoms with van der Waals surface area (Å²) in [6.45, 7) is 7.96. The molecule has 0 bridgehead atoms. The van der Waals surface area contributed by atoms with Crippen LogP contribution < -0.4 is 4.90 Å². The standard InChI is InChI=1S/C19H26FN3O3/c1-19(2,18(25)23-11-13-26-14-12-23)17(24)22-9-7-21(8-10-22)16-5-3-15(20)4-6-16/h3-6H,7-14H2,1-2H3. The maximum absolute atomic E-state index is 13.1. The number of carbonyl (C=O) groups is 2. The van der Waals surface area contributed by atoms with E-state index in [4.69, 9.17) is 4.74 Å². The van der Waals surface area contributed by atoms with Gasteiger partial charge < -0.3 is 19.4 Å². The topological polar surface area (TPSA) is 53.1 Å². The van der Waals surface area contributed by atoms with E-state index in [1.165, 1.54) is 12.1 Å². The molecule has 6 nitrogen and oxygen atoms in total. The van der Waals surface area contributed by atoms with Gasteiger partial charge in [0.1, 0.15) is 11.2 Å². The predicted octanol–water partition coefficient (Wildman–Crippen LogP) is 1.36. The average molecular weight is 363 g/mol. The molecule has 2 fully saturated rings. The van der Waals surface area contributed by atoms with Crippen LogP contribution in [-0.2, 0) is 14.3 Å². The van der Waals surface area contributed by atoms with Gasteiger partial charge in [-0.1, -0.05) is 0 Å². The van der Waals surface area contributed by atoms with Crippen molar-refractivity contribution in [2.75, 3.05) is 57.4 Å². The molecule has 0 radical (unpaired) electrons. The molecule has 0 saturated carbocycles. The van der Waals surface area contributed by atoms with Crippen molar-refractivity contribution in [3.63, 3.8) is 0 Å². The van der Waals surface area contributed by atoms with Crippen LogP contribution in [0.1, 0.15) is 13.8 Å². The lowest BCUT2D eigenvalue weighted by atomic mass is 9.89. The smallest absolute Gasteiger partial charge is 0.237 e. The summed E-state index contributed by atoms with van der Waals surface area (Å²) in [5.74, 6) is -0.523. The fourth-order valence-corrected chi connectivity index (χ4v) is 3.47. The van der Waals surface area contributed by atoms with Crippen molar-refractivity contribution >= 4 is 17.5 Å². The molecule has 0 unspecified atom stereocenters. The zero-order valence-electron chi connectivity index (χ0n) is 15.4. The minimum atomic E-state index is -1.07. The molecule has 2 aliphatic rings. The van der Waals surface area contributed by atoms with Crippen LogP contribution in [0.3, 0.4) is 0 Å². The molecule has 0 aromatic heterocycles. The van der Waals surface area contributed by atoms with E-state index in [0.29, 0.717) is 52.5 Å². The first-order chi connectivity index (χ1) is 12.4. The lowest BCUT2D eigenvalue weighted by molar-refractivity contribution is -0.156. The molecule has 1 aromatic carbocycles. The van der Waals surface area contributed by atoms with E-state index in [9.17, 15) is 14.0 Å². The number of piperazine rings is 1. The number of nitrogens with zero attached hydrogens (tertiary/aromatic N) is 3.